The number of alkyl halides is 9. The van der Waals surface area contributed by atoms with Gasteiger partial charge < -0.3 is 20.1 Å². The number of halogens is 9. The lowest BCUT2D eigenvalue weighted by Crippen LogP contribution is -2.12. The van der Waals surface area contributed by atoms with Crippen LogP contribution in [0.25, 0.3) is 31.9 Å². The van der Waals surface area contributed by atoms with Crippen LogP contribution in [0.4, 0.5) is 50.9 Å². The second-order valence-corrected chi connectivity index (χ2v) is 9.84. The SMILES string of the molecule is [C-]#[N+]C([N+]#[C-])=C1Nc2c(c(-c3ccc(C(F)(F)F)cc3C)c3c(c2-c2ccc(C(F)(F)F)cc2C(F)(F)F)O/C(=C(/C)C#N)N3)O1. The summed E-state index contributed by atoms with van der Waals surface area (Å²) >= 11 is 0. The Morgan fingerprint density at radius 2 is 1.22 bits per heavy atom. The van der Waals surface area contributed by atoms with Gasteiger partial charge in [0.25, 0.3) is 5.88 Å². The van der Waals surface area contributed by atoms with Crippen LogP contribution in [0.3, 0.4) is 0 Å². The Kier molecular flexibility index (Phi) is 7.33. The van der Waals surface area contributed by atoms with Crippen molar-refractivity contribution in [1.82, 2.24) is 0 Å². The van der Waals surface area contributed by atoms with Crippen molar-refractivity contribution in [3.63, 3.8) is 0 Å². The van der Waals surface area contributed by atoms with Gasteiger partial charge in [-0.1, -0.05) is 12.1 Å². The largest absolute Gasteiger partial charge is 0.579 e. The van der Waals surface area contributed by atoms with Gasteiger partial charge in [-0.05, 0) is 54.8 Å². The predicted octanol–water partition coefficient (Wildman–Crippen LogP) is 9.71. The number of benzene rings is 3. The number of nitrogens with zero attached hydrogens (tertiary/aromatic N) is 3. The van der Waals surface area contributed by atoms with Gasteiger partial charge in [0.05, 0.1) is 50.8 Å². The Hall–Kier alpha value is -5.82. The van der Waals surface area contributed by atoms with Crippen LogP contribution in [0.1, 0.15) is 29.2 Å². The molecule has 16 heteroatoms. The van der Waals surface area contributed by atoms with Crippen LogP contribution >= 0.6 is 0 Å². The Balaban J connectivity index is 1.95. The number of fused-ring (bicyclic) bond motifs is 2. The van der Waals surface area contributed by atoms with Crippen molar-refractivity contribution in [2.75, 3.05) is 10.6 Å². The van der Waals surface area contributed by atoms with E-state index in [0.717, 1.165) is 18.2 Å². The Labute approximate surface area is 253 Å². The third kappa shape index (κ3) is 5.26. The molecule has 3 aromatic rings. The van der Waals surface area contributed by atoms with Gasteiger partial charge in [-0.25, -0.2) is 0 Å². The molecule has 0 atom stereocenters. The van der Waals surface area contributed by atoms with Crippen LogP contribution in [0.5, 0.6) is 11.5 Å². The lowest BCUT2D eigenvalue weighted by atomic mass is 9.89. The van der Waals surface area contributed by atoms with Crippen molar-refractivity contribution in [2.45, 2.75) is 32.4 Å². The van der Waals surface area contributed by atoms with Crippen molar-refractivity contribution in [1.29, 1.82) is 5.26 Å². The van der Waals surface area contributed by atoms with E-state index in [-0.39, 0.29) is 45.6 Å². The molecule has 2 aliphatic heterocycles. The number of hydrogen-bond acceptors (Lipinski definition) is 5. The molecule has 46 heavy (non-hydrogen) atoms. The minimum absolute atomic E-state index is 0.00494. The van der Waals surface area contributed by atoms with Gasteiger partial charge in [0.15, 0.2) is 11.5 Å². The summed E-state index contributed by atoms with van der Waals surface area (Å²) in [7, 11) is 0. The van der Waals surface area contributed by atoms with Crippen molar-refractivity contribution in [3.05, 3.63) is 105 Å². The summed E-state index contributed by atoms with van der Waals surface area (Å²) in [4.78, 5) is 6.04. The minimum atomic E-state index is -5.36. The van der Waals surface area contributed by atoms with Crippen molar-refractivity contribution in [2.24, 2.45) is 0 Å². The molecule has 0 radical (unpaired) electrons. The maximum Gasteiger partial charge on any atom is 0.579 e. The van der Waals surface area contributed by atoms with E-state index in [0.29, 0.717) is 12.1 Å². The van der Waals surface area contributed by atoms with Crippen molar-refractivity contribution >= 4 is 11.4 Å². The van der Waals surface area contributed by atoms with E-state index < -0.39 is 69.5 Å². The number of rotatable bonds is 2. The first-order valence-electron chi connectivity index (χ1n) is 12.6. The highest BCUT2D eigenvalue weighted by molar-refractivity contribution is 6.06. The molecule has 3 aromatic carbocycles. The topological polar surface area (TPSA) is 75.0 Å². The molecule has 0 spiro atoms. The van der Waals surface area contributed by atoms with Crippen LogP contribution in [-0.2, 0) is 18.5 Å². The molecule has 2 N–H and O–H groups in total. The van der Waals surface area contributed by atoms with Crippen LogP contribution in [0.15, 0.2) is 59.6 Å². The first kappa shape index (κ1) is 31.6. The molecule has 0 aliphatic carbocycles. The van der Waals surface area contributed by atoms with Gasteiger partial charge in [-0.2, -0.15) is 44.8 Å². The average molecular weight is 647 g/mol. The molecule has 0 amide bonds. The molecule has 7 nitrogen and oxygen atoms in total. The molecule has 0 unspecified atom stereocenters. The fourth-order valence-electron chi connectivity index (χ4n) is 4.89. The van der Waals surface area contributed by atoms with Gasteiger partial charge in [-0.3, -0.25) is 0 Å². The van der Waals surface area contributed by atoms with E-state index in [1.165, 1.54) is 13.8 Å². The van der Waals surface area contributed by atoms with Crippen LogP contribution in [0.2, 0.25) is 0 Å². The lowest BCUT2D eigenvalue weighted by molar-refractivity contribution is -0.143. The van der Waals surface area contributed by atoms with Gasteiger partial charge in [0.1, 0.15) is 13.1 Å². The zero-order chi connectivity index (χ0) is 33.9. The zero-order valence-electron chi connectivity index (χ0n) is 23.0. The quantitative estimate of drug-likeness (QED) is 0.165. The monoisotopic (exact) mass is 647 g/mol. The van der Waals surface area contributed by atoms with Gasteiger partial charge in [0.2, 0.25) is 5.88 Å². The summed E-state index contributed by atoms with van der Waals surface area (Å²) in [5.41, 5.74) is -6.51. The molecule has 0 bridgehead atoms. The van der Waals surface area contributed by atoms with Crippen LogP contribution < -0.4 is 20.1 Å². The number of nitrogens with one attached hydrogen (secondary N) is 2. The number of hydrogen-bond donors (Lipinski definition) is 2. The number of aryl methyl sites for hydroxylation is 1. The molecule has 0 fully saturated rings. The second-order valence-electron chi connectivity index (χ2n) is 9.84. The number of anilines is 2. The molecule has 0 saturated heterocycles. The summed E-state index contributed by atoms with van der Waals surface area (Å²) in [5, 5.41) is 14.8. The second kappa shape index (κ2) is 10.7. The average Bonchev–Trinajstić information content (AvgIpc) is 3.60. The number of allylic oxidation sites excluding steroid dienone is 1. The lowest BCUT2D eigenvalue weighted by Gasteiger charge is -2.21. The summed E-state index contributed by atoms with van der Waals surface area (Å²) in [5.74, 6) is -2.38. The highest BCUT2D eigenvalue weighted by Crippen LogP contribution is 2.61. The maximum absolute atomic E-state index is 14.4. The van der Waals surface area contributed by atoms with Crippen molar-refractivity contribution in [3.8, 4) is 39.8 Å². The molecular formula is C30H14F9N5O2. The maximum atomic E-state index is 14.4. The van der Waals surface area contributed by atoms with E-state index in [9.17, 15) is 44.8 Å². The minimum Gasteiger partial charge on any atom is -0.441 e. The Morgan fingerprint density at radius 3 is 1.70 bits per heavy atom. The molecule has 0 aromatic heterocycles. The Bertz CT molecular complexity index is 2000. The third-order valence-corrected chi connectivity index (χ3v) is 6.96. The smallest absolute Gasteiger partial charge is 0.441 e. The van der Waals surface area contributed by atoms with Gasteiger partial charge >= 0.3 is 24.3 Å². The highest BCUT2D eigenvalue weighted by Gasteiger charge is 2.44. The first-order valence-corrected chi connectivity index (χ1v) is 12.6. The van der Waals surface area contributed by atoms with E-state index in [4.69, 9.17) is 22.6 Å². The summed E-state index contributed by atoms with van der Waals surface area (Å²) in [6.07, 6.45) is -15.2. The standard InChI is InChI=1S/C30H14F9N5O2/c1-12-9-14(28(31,32)33)5-7-16(12)19-21-24(45-26(43-21)13(2)11-40)20(22-23(19)46-27(44-22)25(41-3)42-4)17-8-6-15(29(34,35)36)10-18(17)30(37,38)39/h5-10,43-44H,1-2H3/b26-13-. The summed E-state index contributed by atoms with van der Waals surface area (Å²) < 4.78 is 136. The predicted molar refractivity (Wildman–Crippen MR) is 144 cm³/mol. The number of ether oxygens (including phenoxy) is 2. The summed E-state index contributed by atoms with van der Waals surface area (Å²) in [6, 6.07) is 5.26. The Morgan fingerprint density at radius 1 is 0.739 bits per heavy atom. The van der Waals surface area contributed by atoms with E-state index in [2.05, 4.69) is 20.3 Å². The van der Waals surface area contributed by atoms with E-state index >= 15 is 0 Å². The molecular weight excluding hydrogens is 633 g/mol. The van der Waals surface area contributed by atoms with Gasteiger partial charge in [0, 0.05) is 0 Å². The van der Waals surface area contributed by atoms with E-state index in [1.54, 1.807) is 6.07 Å². The van der Waals surface area contributed by atoms with E-state index in [1.807, 2.05) is 0 Å². The van der Waals surface area contributed by atoms with Crippen LogP contribution in [-0.4, -0.2) is 0 Å². The molecule has 0 saturated carbocycles. The van der Waals surface area contributed by atoms with Crippen molar-refractivity contribution < 1.29 is 49.0 Å². The third-order valence-electron chi connectivity index (χ3n) is 6.96. The highest BCUT2D eigenvalue weighted by atomic mass is 19.4. The zero-order valence-corrected chi connectivity index (χ0v) is 23.0. The molecule has 2 aliphatic rings. The molecule has 234 valence electrons. The fraction of sp³-hybridized carbons (Fsp3) is 0.167. The molecule has 2 heterocycles. The molecule has 5 rings (SSSR count). The first-order chi connectivity index (χ1) is 21.4. The number of nitriles is 1. The summed E-state index contributed by atoms with van der Waals surface area (Å²) in [6.45, 7) is 17.2. The fourth-order valence-corrected chi connectivity index (χ4v) is 4.89. The van der Waals surface area contributed by atoms with Crippen LogP contribution in [0, 0.1) is 31.4 Å². The normalized spacial score (nSPS) is 14.8. The van der Waals surface area contributed by atoms with Gasteiger partial charge in [-0.15, -0.1) is 9.69 Å².